The van der Waals surface area contributed by atoms with E-state index >= 15 is 4.79 Å². The van der Waals surface area contributed by atoms with Crippen LogP contribution < -0.4 is 24.3 Å². The van der Waals surface area contributed by atoms with Gasteiger partial charge in [-0.2, -0.15) is 0 Å². The third-order valence-electron chi connectivity index (χ3n) is 13.8. The normalized spacial score (nSPS) is 23.0. The molecule has 3 N–H and O–H groups in total. The number of rotatable bonds is 28. The molecule has 1 fully saturated rings. The molecule has 2 heterocycles. The number of unbranched alkanes of at least 4 members (excludes halogenated alkanes) is 11. The summed E-state index contributed by atoms with van der Waals surface area (Å²) in [5.41, 5.74) is 2.36. The number of benzene rings is 2. The first-order chi connectivity index (χ1) is 33.0. The van der Waals surface area contributed by atoms with Crippen molar-refractivity contribution >= 4 is 17.7 Å². The van der Waals surface area contributed by atoms with Crippen LogP contribution in [0.4, 0.5) is 4.79 Å². The molecule has 0 bridgehead atoms. The Kier molecular flexibility index (Phi) is 20.1. The van der Waals surface area contributed by atoms with E-state index in [1.54, 1.807) is 30.3 Å². The van der Waals surface area contributed by atoms with Gasteiger partial charge >= 0.3 is 6.09 Å². The summed E-state index contributed by atoms with van der Waals surface area (Å²) < 4.78 is 31.9. The number of oxime groups is 1. The van der Waals surface area contributed by atoms with Gasteiger partial charge < -0.3 is 49.0 Å². The molecular formula is C55H81N3O10. The van der Waals surface area contributed by atoms with Gasteiger partial charge in [-0.15, -0.1) is 6.58 Å². The molecule has 0 spiro atoms. The summed E-state index contributed by atoms with van der Waals surface area (Å²) in [4.78, 5) is 36.7. The molecule has 2 aliphatic carbocycles. The Bertz CT molecular complexity index is 2010. The zero-order chi connectivity index (χ0) is 48.5. The fourth-order valence-corrected chi connectivity index (χ4v) is 10.7. The Labute approximate surface area is 406 Å². The second-order valence-corrected chi connectivity index (χ2v) is 20.0. The number of aliphatic hydroxyl groups excluding tert-OH is 2. The van der Waals surface area contributed by atoms with Gasteiger partial charge in [-0.1, -0.05) is 102 Å². The smallest absolute Gasteiger partial charge is 0.412 e. The molecule has 68 heavy (non-hydrogen) atoms. The van der Waals surface area contributed by atoms with E-state index in [-0.39, 0.29) is 56.7 Å². The Morgan fingerprint density at radius 1 is 0.868 bits per heavy atom. The zero-order valence-corrected chi connectivity index (χ0v) is 41.7. The monoisotopic (exact) mass is 944 g/mol. The maximum Gasteiger partial charge on any atom is 0.412 e. The van der Waals surface area contributed by atoms with Crippen LogP contribution in [0.3, 0.4) is 0 Å². The number of allylic oxidation sites excluding steroid dienone is 1. The van der Waals surface area contributed by atoms with Crippen molar-refractivity contribution in [2.45, 2.75) is 174 Å². The van der Waals surface area contributed by atoms with Gasteiger partial charge in [0.15, 0.2) is 11.5 Å². The summed E-state index contributed by atoms with van der Waals surface area (Å²) in [6.45, 7) is 15.6. The van der Waals surface area contributed by atoms with E-state index in [2.05, 4.69) is 24.9 Å². The lowest BCUT2D eigenvalue weighted by molar-refractivity contribution is -0.254. The fraction of sp³-hybridized carbons (Fsp3) is 0.655. The van der Waals surface area contributed by atoms with Crippen molar-refractivity contribution in [1.29, 1.82) is 0 Å². The van der Waals surface area contributed by atoms with Gasteiger partial charge in [0.2, 0.25) is 12.6 Å². The minimum Gasteiger partial charge on any atom is -0.459 e. The van der Waals surface area contributed by atoms with Crippen LogP contribution >= 0.6 is 0 Å². The van der Waals surface area contributed by atoms with Crippen LogP contribution in [-0.2, 0) is 9.57 Å². The molecule has 0 radical (unpaired) electrons. The summed E-state index contributed by atoms with van der Waals surface area (Å²) in [7, 11) is 0. The van der Waals surface area contributed by atoms with E-state index in [4.69, 9.17) is 33.7 Å². The quantitative estimate of drug-likeness (QED) is 0.0426. The maximum atomic E-state index is 15.1. The lowest BCUT2D eigenvalue weighted by Crippen LogP contribution is -2.70. The highest BCUT2D eigenvalue weighted by Crippen LogP contribution is 2.62. The predicted molar refractivity (Wildman–Crippen MR) is 266 cm³/mol. The molecule has 0 aromatic heterocycles. The molecule has 2 aliphatic heterocycles. The molecule has 13 nitrogen and oxygen atoms in total. The van der Waals surface area contributed by atoms with Gasteiger partial charge in [0, 0.05) is 49.8 Å². The van der Waals surface area contributed by atoms with Crippen molar-refractivity contribution in [3.63, 3.8) is 0 Å². The molecule has 0 saturated heterocycles. The van der Waals surface area contributed by atoms with E-state index < -0.39 is 29.4 Å². The Morgan fingerprint density at radius 3 is 2.25 bits per heavy atom. The van der Waals surface area contributed by atoms with Crippen molar-refractivity contribution in [1.82, 2.24) is 10.2 Å². The molecule has 6 rings (SSSR count). The molecule has 376 valence electrons. The molecule has 2 amide bonds. The Hall–Kier alpha value is -4.59. The van der Waals surface area contributed by atoms with Gasteiger partial charge in [0.05, 0.1) is 18.2 Å². The van der Waals surface area contributed by atoms with E-state index in [1.165, 1.54) is 44.9 Å². The minimum atomic E-state index is -1.43. The molecule has 4 aliphatic rings. The van der Waals surface area contributed by atoms with Crippen LogP contribution in [0.25, 0.3) is 0 Å². The first-order valence-electron chi connectivity index (χ1n) is 25.9. The number of fused-ring (bicyclic) bond motifs is 3. The highest BCUT2D eigenvalue weighted by molar-refractivity contribution is 6.03. The fourth-order valence-electron chi connectivity index (χ4n) is 10.7. The minimum absolute atomic E-state index is 0.0106. The van der Waals surface area contributed by atoms with Crippen molar-refractivity contribution < 1.29 is 48.3 Å². The van der Waals surface area contributed by atoms with Gasteiger partial charge in [-0.3, -0.25) is 4.79 Å². The summed E-state index contributed by atoms with van der Waals surface area (Å²) in [5.74, 6) is -0.280. The molecule has 2 aromatic rings. The number of hydrogen-bond acceptors (Lipinski definition) is 11. The summed E-state index contributed by atoms with van der Waals surface area (Å²) >= 11 is 0. The number of carbonyl (C=O) groups is 2. The number of carbonyl (C=O) groups excluding carboxylic acids is 2. The number of ether oxygens (including phenoxy) is 5. The zero-order valence-electron chi connectivity index (χ0n) is 41.7. The maximum absolute atomic E-state index is 15.1. The number of nitrogens with zero attached hydrogens (tertiary/aromatic N) is 2. The van der Waals surface area contributed by atoms with Crippen LogP contribution in [0, 0.1) is 17.8 Å². The van der Waals surface area contributed by atoms with Crippen LogP contribution in [0.1, 0.15) is 172 Å². The van der Waals surface area contributed by atoms with Crippen molar-refractivity contribution in [2.24, 2.45) is 22.9 Å². The summed E-state index contributed by atoms with van der Waals surface area (Å²) in [5, 5.41) is 27.9. The van der Waals surface area contributed by atoms with E-state index in [0.717, 1.165) is 56.1 Å². The Balaban J connectivity index is 1.40. The summed E-state index contributed by atoms with van der Waals surface area (Å²) in [6.07, 6.45) is 21.1. The van der Waals surface area contributed by atoms with Crippen LogP contribution in [0.5, 0.6) is 23.0 Å². The molecular weight excluding hydrogens is 863 g/mol. The van der Waals surface area contributed by atoms with Gasteiger partial charge in [-0.05, 0) is 113 Å². The number of nitrogens with one attached hydrogen (secondary N) is 1. The van der Waals surface area contributed by atoms with Crippen LogP contribution in [0.2, 0.25) is 0 Å². The van der Waals surface area contributed by atoms with E-state index in [9.17, 15) is 15.0 Å². The first-order valence-corrected chi connectivity index (χ1v) is 25.9. The highest BCUT2D eigenvalue weighted by Gasteiger charge is 2.65. The predicted octanol–water partition coefficient (Wildman–Crippen LogP) is 11.4. The third-order valence-corrected chi connectivity index (χ3v) is 13.8. The summed E-state index contributed by atoms with van der Waals surface area (Å²) in [6, 6.07) is 10.2. The van der Waals surface area contributed by atoms with Crippen LogP contribution in [-0.4, -0.2) is 90.0 Å². The third kappa shape index (κ3) is 13.4. The van der Waals surface area contributed by atoms with Crippen LogP contribution in [0.15, 0.2) is 65.9 Å². The van der Waals surface area contributed by atoms with Crippen molar-refractivity contribution in [2.75, 3.05) is 39.7 Å². The molecule has 6 atom stereocenters. The average molecular weight is 944 g/mol. The first kappa shape index (κ1) is 52.8. The second-order valence-electron chi connectivity index (χ2n) is 20.0. The Morgan fingerprint density at radius 2 is 1.56 bits per heavy atom. The average Bonchev–Trinajstić information content (AvgIpc) is 3.80. The van der Waals surface area contributed by atoms with Crippen molar-refractivity contribution in [3.8, 4) is 23.0 Å². The highest BCUT2D eigenvalue weighted by atomic mass is 16.7. The molecule has 6 unspecified atom stereocenters. The molecule has 13 heteroatoms. The topological polar surface area (TPSA) is 158 Å². The van der Waals surface area contributed by atoms with Crippen molar-refractivity contribution in [3.05, 3.63) is 71.8 Å². The van der Waals surface area contributed by atoms with E-state index in [0.29, 0.717) is 66.6 Å². The SMILES string of the molecule is C=CCOC12Oc3ccc(OC(=O)NCCCCCCCCCCCC)cc3C3C(CCCCO)C(CCCCO)C=C(C(=NOC(C)(C)C)CC1N(CCC)C(=O)c1ccc4c(c1)OCO4)C32. The van der Waals surface area contributed by atoms with Gasteiger partial charge in [0.1, 0.15) is 23.1 Å². The standard InChI is InChI=1S/C55H81N3O10/c1-7-10-11-12-13-14-15-16-17-20-29-56-53(62)66-41-26-28-46-44(36-41)50-42(24-19-22-32-60)39(23-18-21-31-59)34-43-45(57-68-54(4,5)6)37-49(55(67-46,51(43)50)65-33-9-3)58(30-8-2)52(61)40-25-27-47-48(35-40)64-38-63-47/h9,25-28,34-36,39,42,49-51,59-60H,3,7-8,10-24,29-33,37-38H2,1-2,4-6H3,(H,56,62). The lowest BCUT2D eigenvalue weighted by Gasteiger charge is -2.60. The number of hydrogen-bond donors (Lipinski definition) is 3. The molecule has 2 aromatic carbocycles. The van der Waals surface area contributed by atoms with E-state index in [1.807, 2.05) is 44.7 Å². The molecule has 1 saturated carbocycles. The second kappa shape index (κ2) is 25.9. The number of amides is 2. The number of aliphatic hydroxyl groups is 2. The van der Waals surface area contributed by atoms with Gasteiger partial charge in [-0.25, -0.2) is 4.79 Å². The largest absolute Gasteiger partial charge is 0.459 e. The van der Waals surface area contributed by atoms with Gasteiger partial charge in [0.25, 0.3) is 5.91 Å². The lowest BCUT2D eigenvalue weighted by atomic mass is 9.55.